The number of aliphatic carboxylic acids is 1. The maximum atomic E-state index is 14.5. The Morgan fingerprint density at radius 2 is 1.87 bits per heavy atom. The highest BCUT2D eigenvalue weighted by molar-refractivity contribution is 5.74. The van der Waals surface area contributed by atoms with Gasteiger partial charge in [0, 0.05) is 37.8 Å². The smallest absolute Gasteiger partial charge is 0.396 e. The van der Waals surface area contributed by atoms with Gasteiger partial charge >= 0.3 is 12.1 Å². The topological polar surface area (TPSA) is 104 Å². The number of hydrogen-bond acceptors (Lipinski definition) is 6. The van der Waals surface area contributed by atoms with Crippen molar-refractivity contribution in [2.24, 2.45) is 5.41 Å². The van der Waals surface area contributed by atoms with Crippen molar-refractivity contribution >= 4 is 17.7 Å². The van der Waals surface area contributed by atoms with E-state index < -0.39 is 36.3 Å². The van der Waals surface area contributed by atoms with Gasteiger partial charge in [0.15, 0.2) is 0 Å². The molecule has 2 aliphatic heterocycles. The van der Waals surface area contributed by atoms with Gasteiger partial charge in [-0.05, 0) is 53.5 Å². The molecule has 2 aliphatic rings. The van der Waals surface area contributed by atoms with Crippen molar-refractivity contribution in [3.8, 4) is 11.1 Å². The van der Waals surface area contributed by atoms with Crippen molar-refractivity contribution in [1.29, 1.82) is 0 Å². The molecule has 1 aromatic heterocycles. The Bertz CT molecular complexity index is 1360. The fourth-order valence-corrected chi connectivity index (χ4v) is 5.78. The number of nitrogen functional groups attached to an aromatic ring is 1. The zero-order chi connectivity index (χ0) is 27.8. The molecule has 3 aromatic rings. The molecule has 2 atom stereocenters. The molecule has 5 rings (SSSR count). The van der Waals surface area contributed by atoms with E-state index in [-0.39, 0.29) is 22.6 Å². The van der Waals surface area contributed by atoms with Gasteiger partial charge in [-0.1, -0.05) is 36.4 Å². The number of hydrogen-bond donors (Lipinski definition) is 3. The van der Waals surface area contributed by atoms with Crippen LogP contribution in [0, 0.1) is 11.2 Å². The van der Waals surface area contributed by atoms with Crippen molar-refractivity contribution in [3.05, 3.63) is 71.7 Å². The van der Waals surface area contributed by atoms with E-state index in [4.69, 9.17) is 5.73 Å². The monoisotopic (exact) mass is 543 g/mol. The number of alkyl halides is 3. The molecule has 0 aliphatic carbocycles. The molecule has 0 radical (unpaired) electrons. The Hall–Kier alpha value is -3.73. The van der Waals surface area contributed by atoms with Gasteiger partial charge in [0.25, 0.3) is 0 Å². The van der Waals surface area contributed by atoms with Gasteiger partial charge < -0.3 is 21.1 Å². The third-order valence-electron chi connectivity index (χ3n) is 7.87. The minimum atomic E-state index is -4.60. The molecular weight excluding hydrogens is 514 g/mol. The second-order valence-electron chi connectivity index (χ2n) is 10.4. The maximum absolute atomic E-state index is 14.5. The fourth-order valence-electron chi connectivity index (χ4n) is 5.78. The number of rotatable bonds is 6. The molecule has 1 spiro atoms. The van der Waals surface area contributed by atoms with Gasteiger partial charge in [0.1, 0.15) is 17.7 Å². The van der Waals surface area contributed by atoms with Gasteiger partial charge in [0.2, 0.25) is 5.95 Å². The Kier molecular flexibility index (Phi) is 7.19. The number of halogens is 4. The summed E-state index contributed by atoms with van der Waals surface area (Å²) in [6.45, 7) is 1.77. The molecule has 2 fully saturated rings. The highest BCUT2D eigenvalue weighted by atomic mass is 19.4. The Balaban J connectivity index is 1.39. The number of carboxylic acid groups (broad SMARTS) is 1. The van der Waals surface area contributed by atoms with Crippen molar-refractivity contribution in [2.75, 3.05) is 30.3 Å². The first-order valence-corrected chi connectivity index (χ1v) is 12.8. The quantitative estimate of drug-likeness (QED) is 0.384. The number of aromatic nitrogens is 2. The second-order valence-corrected chi connectivity index (χ2v) is 10.4. The lowest BCUT2D eigenvalue weighted by atomic mass is 9.76. The largest absolute Gasteiger partial charge is 0.480 e. The van der Waals surface area contributed by atoms with E-state index in [1.807, 2.05) is 4.90 Å². The molecule has 39 heavy (non-hydrogen) atoms. The number of anilines is 2. The molecule has 4 N–H and O–H groups in total. The number of carboxylic acids is 1. The van der Waals surface area contributed by atoms with Crippen molar-refractivity contribution in [1.82, 2.24) is 15.3 Å². The van der Waals surface area contributed by atoms with Crippen LogP contribution in [0.2, 0.25) is 0 Å². The molecule has 2 aromatic carbocycles. The summed E-state index contributed by atoms with van der Waals surface area (Å²) >= 11 is 0. The first-order valence-electron chi connectivity index (χ1n) is 12.8. The van der Waals surface area contributed by atoms with Crippen LogP contribution in [0.15, 0.2) is 54.6 Å². The molecule has 2 saturated heterocycles. The molecule has 7 nitrogen and oxygen atoms in total. The maximum Gasteiger partial charge on any atom is 0.396 e. The minimum absolute atomic E-state index is 0.0240. The van der Waals surface area contributed by atoms with Crippen LogP contribution in [0.1, 0.15) is 36.4 Å². The molecular formula is C28H29F4N5O2. The van der Waals surface area contributed by atoms with E-state index in [0.29, 0.717) is 43.0 Å². The number of piperidine rings is 1. The van der Waals surface area contributed by atoms with Crippen molar-refractivity contribution in [2.45, 2.75) is 43.8 Å². The van der Waals surface area contributed by atoms with Crippen LogP contribution in [-0.2, 0) is 11.2 Å². The third-order valence-corrected chi connectivity index (χ3v) is 7.87. The Morgan fingerprint density at radius 1 is 1.13 bits per heavy atom. The summed E-state index contributed by atoms with van der Waals surface area (Å²) in [6.07, 6.45) is -3.05. The van der Waals surface area contributed by atoms with Crippen LogP contribution in [-0.4, -0.2) is 52.9 Å². The lowest BCUT2D eigenvalue weighted by Crippen LogP contribution is -2.41. The molecule has 0 bridgehead atoms. The molecule has 0 saturated carbocycles. The molecule has 206 valence electrons. The standard InChI is InChI=1S/C28H29F4N5O2/c29-18-5-3-4-17(12-18)20-6-1-2-7-21(20)22(28(30,31)32)13-19-14-24(36-26(33)35-19)37-10-8-27(9-11-37)15-23(25(38)39)34-16-27/h1-7,12,14,22-23,34H,8-11,13,15-16H2,(H,38,39)(H2,33,35,36)/t22-,23+/m1/s1. The summed E-state index contributed by atoms with van der Waals surface area (Å²) in [7, 11) is 0. The van der Waals surface area contributed by atoms with Crippen LogP contribution in [0.5, 0.6) is 0 Å². The predicted octanol–water partition coefficient (Wildman–Crippen LogP) is 4.79. The van der Waals surface area contributed by atoms with E-state index >= 15 is 0 Å². The SMILES string of the molecule is Nc1nc(C[C@H](c2ccccc2-c2cccc(F)c2)C(F)(F)F)cc(N2CCC3(CC2)CN[C@H](C(=O)O)C3)n1. The van der Waals surface area contributed by atoms with Crippen molar-refractivity contribution in [3.63, 3.8) is 0 Å². The number of benzene rings is 2. The number of nitrogens with one attached hydrogen (secondary N) is 1. The van der Waals surface area contributed by atoms with E-state index in [0.717, 1.165) is 12.8 Å². The minimum Gasteiger partial charge on any atom is -0.480 e. The summed E-state index contributed by atoms with van der Waals surface area (Å²) in [4.78, 5) is 21.7. The lowest BCUT2D eigenvalue weighted by Gasteiger charge is -2.39. The summed E-state index contributed by atoms with van der Waals surface area (Å²) in [5, 5.41) is 12.4. The normalized spacial score (nSPS) is 19.8. The van der Waals surface area contributed by atoms with Gasteiger partial charge in [0.05, 0.1) is 5.92 Å². The zero-order valence-electron chi connectivity index (χ0n) is 21.1. The Labute approximate surface area is 223 Å². The number of nitrogens with zero attached hydrogens (tertiary/aromatic N) is 3. The van der Waals surface area contributed by atoms with Crippen LogP contribution in [0.3, 0.4) is 0 Å². The predicted molar refractivity (Wildman–Crippen MR) is 139 cm³/mol. The summed E-state index contributed by atoms with van der Waals surface area (Å²) < 4.78 is 57.3. The van der Waals surface area contributed by atoms with Crippen LogP contribution < -0.4 is 16.0 Å². The van der Waals surface area contributed by atoms with Gasteiger partial charge in [-0.2, -0.15) is 18.2 Å². The molecule has 0 unspecified atom stereocenters. The van der Waals surface area contributed by atoms with Crippen LogP contribution >= 0.6 is 0 Å². The van der Waals surface area contributed by atoms with E-state index in [2.05, 4.69) is 15.3 Å². The average molecular weight is 544 g/mol. The van der Waals surface area contributed by atoms with E-state index in [9.17, 15) is 27.5 Å². The molecule has 3 heterocycles. The van der Waals surface area contributed by atoms with Crippen molar-refractivity contribution < 1.29 is 27.5 Å². The Morgan fingerprint density at radius 3 is 2.54 bits per heavy atom. The number of nitrogens with two attached hydrogens (primary N) is 1. The second kappa shape index (κ2) is 10.4. The third kappa shape index (κ3) is 5.83. The highest BCUT2D eigenvalue weighted by Gasteiger charge is 2.44. The average Bonchev–Trinajstić information content (AvgIpc) is 3.30. The van der Waals surface area contributed by atoms with Gasteiger partial charge in [-0.15, -0.1) is 0 Å². The van der Waals surface area contributed by atoms with E-state index in [1.165, 1.54) is 30.3 Å². The summed E-state index contributed by atoms with van der Waals surface area (Å²) in [6, 6.07) is 12.6. The molecule has 11 heteroatoms. The number of carbonyl (C=O) groups is 1. The van der Waals surface area contributed by atoms with E-state index in [1.54, 1.807) is 24.3 Å². The van der Waals surface area contributed by atoms with Crippen LogP contribution in [0.25, 0.3) is 11.1 Å². The molecule has 0 amide bonds. The summed E-state index contributed by atoms with van der Waals surface area (Å²) in [5.74, 6) is -2.96. The van der Waals surface area contributed by atoms with Crippen LogP contribution in [0.4, 0.5) is 29.3 Å². The lowest BCUT2D eigenvalue weighted by molar-refractivity contribution is -0.150. The van der Waals surface area contributed by atoms with Gasteiger partial charge in [-0.3, -0.25) is 4.79 Å². The summed E-state index contributed by atoms with van der Waals surface area (Å²) in [5.41, 5.74) is 6.66. The fraction of sp³-hybridized carbons (Fsp3) is 0.393. The highest BCUT2D eigenvalue weighted by Crippen LogP contribution is 2.43. The van der Waals surface area contributed by atoms with Gasteiger partial charge in [-0.25, -0.2) is 9.37 Å². The zero-order valence-corrected chi connectivity index (χ0v) is 21.1. The first kappa shape index (κ1) is 26.9. The first-order chi connectivity index (χ1) is 18.5.